The number of hydrogen-bond acceptors (Lipinski definition) is 2. The molecule has 0 aliphatic carbocycles. The van der Waals surface area contributed by atoms with Gasteiger partial charge in [0.1, 0.15) is 11.6 Å². The van der Waals surface area contributed by atoms with Crippen molar-refractivity contribution < 1.29 is 4.39 Å². The van der Waals surface area contributed by atoms with E-state index in [0.29, 0.717) is 11.4 Å². The monoisotopic (exact) mass is 253 g/mol. The van der Waals surface area contributed by atoms with Crippen LogP contribution in [0.1, 0.15) is 17.4 Å². The molecule has 1 heterocycles. The maximum Gasteiger partial charge on any atom is 0.123 e. The Morgan fingerprint density at radius 3 is 3.00 bits per heavy atom. The molecule has 2 aromatic rings. The maximum absolute atomic E-state index is 13.1. The van der Waals surface area contributed by atoms with Crippen molar-refractivity contribution >= 4 is 11.6 Å². The summed E-state index contributed by atoms with van der Waals surface area (Å²) in [4.78, 5) is 7.21. The smallest absolute Gasteiger partial charge is 0.123 e. The molecule has 1 unspecified atom stereocenters. The Morgan fingerprint density at radius 2 is 2.35 bits per heavy atom. The summed E-state index contributed by atoms with van der Waals surface area (Å²) in [6, 6.07) is 4.37. The Morgan fingerprint density at radius 1 is 1.53 bits per heavy atom. The number of rotatable bonds is 4. The average Bonchev–Trinajstić information content (AvgIpc) is 2.84. The summed E-state index contributed by atoms with van der Waals surface area (Å²) >= 11 is 6.03. The minimum atomic E-state index is -0.279. The molecule has 1 aromatic carbocycles. The Labute approximate surface area is 104 Å². The van der Waals surface area contributed by atoms with E-state index < -0.39 is 0 Å². The van der Waals surface area contributed by atoms with Gasteiger partial charge in [0, 0.05) is 17.4 Å². The third kappa shape index (κ3) is 2.84. The van der Waals surface area contributed by atoms with Crippen molar-refractivity contribution in [1.82, 2.24) is 15.3 Å². The first-order valence-corrected chi connectivity index (χ1v) is 5.69. The lowest BCUT2D eigenvalue weighted by Crippen LogP contribution is -2.20. The normalized spacial score (nSPS) is 12.6. The van der Waals surface area contributed by atoms with E-state index in [2.05, 4.69) is 15.3 Å². The molecular formula is C12H13ClFN3. The number of nitrogens with one attached hydrogen (secondary N) is 2. The van der Waals surface area contributed by atoms with E-state index >= 15 is 0 Å². The van der Waals surface area contributed by atoms with E-state index in [4.69, 9.17) is 11.6 Å². The second kappa shape index (κ2) is 5.29. The van der Waals surface area contributed by atoms with E-state index in [1.54, 1.807) is 18.5 Å². The van der Waals surface area contributed by atoms with Crippen LogP contribution in [0, 0.1) is 5.82 Å². The predicted octanol–water partition coefficient (Wildman–Crippen LogP) is 2.71. The van der Waals surface area contributed by atoms with E-state index in [0.717, 1.165) is 11.4 Å². The fourth-order valence-electron chi connectivity index (χ4n) is 1.72. The first-order valence-electron chi connectivity index (χ1n) is 5.31. The molecule has 0 spiro atoms. The van der Waals surface area contributed by atoms with Gasteiger partial charge < -0.3 is 10.3 Å². The van der Waals surface area contributed by atoms with Crippen LogP contribution in [0.15, 0.2) is 30.6 Å². The second-order valence-corrected chi connectivity index (χ2v) is 4.16. The van der Waals surface area contributed by atoms with Crippen molar-refractivity contribution in [3.63, 3.8) is 0 Å². The maximum atomic E-state index is 13.1. The van der Waals surface area contributed by atoms with Gasteiger partial charge in [-0.3, -0.25) is 0 Å². The Hall–Kier alpha value is -1.39. The molecular weight excluding hydrogens is 241 g/mol. The van der Waals surface area contributed by atoms with Crippen LogP contribution in [0.25, 0.3) is 0 Å². The topological polar surface area (TPSA) is 40.7 Å². The van der Waals surface area contributed by atoms with Gasteiger partial charge in [-0.15, -0.1) is 0 Å². The van der Waals surface area contributed by atoms with Crippen molar-refractivity contribution in [3.8, 4) is 0 Å². The number of nitrogens with zero attached hydrogens (tertiary/aromatic N) is 1. The van der Waals surface area contributed by atoms with Crippen LogP contribution in [0.2, 0.25) is 5.02 Å². The van der Waals surface area contributed by atoms with Crippen LogP contribution >= 0.6 is 11.6 Å². The van der Waals surface area contributed by atoms with Crippen LogP contribution in [-0.2, 0) is 6.42 Å². The standard InChI is InChI=1S/C12H13ClFN3/c1-15-11(12-16-4-5-17-12)7-8-6-9(14)2-3-10(8)13/h2-6,11,15H,7H2,1H3,(H,16,17). The Bertz CT molecular complexity index is 485. The van der Waals surface area contributed by atoms with Gasteiger partial charge in [-0.2, -0.15) is 0 Å². The van der Waals surface area contributed by atoms with Crippen LogP contribution < -0.4 is 5.32 Å². The molecule has 0 saturated carbocycles. The minimum absolute atomic E-state index is 0.00991. The molecule has 0 bridgehead atoms. The van der Waals surface area contributed by atoms with Crippen LogP contribution in [-0.4, -0.2) is 17.0 Å². The molecule has 3 nitrogen and oxygen atoms in total. The molecule has 90 valence electrons. The van der Waals surface area contributed by atoms with Crippen LogP contribution in [0.3, 0.4) is 0 Å². The molecule has 0 radical (unpaired) electrons. The Kier molecular flexibility index (Phi) is 3.76. The SMILES string of the molecule is CNC(Cc1cc(F)ccc1Cl)c1ncc[nH]1. The molecule has 17 heavy (non-hydrogen) atoms. The number of aromatic amines is 1. The fraction of sp³-hybridized carbons (Fsp3) is 0.250. The molecule has 2 N–H and O–H groups in total. The number of imidazole rings is 1. The molecule has 1 atom stereocenters. The summed E-state index contributed by atoms with van der Waals surface area (Å²) in [7, 11) is 1.83. The van der Waals surface area contributed by atoms with Crippen molar-refractivity contribution in [2.45, 2.75) is 12.5 Å². The number of benzene rings is 1. The van der Waals surface area contributed by atoms with Crippen LogP contribution in [0.5, 0.6) is 0 Å². The zero-order valence-electron chi connectivity index (χ0n) is 9.37. The highest BCUT2D eigenvalue weighted by Crippen LogP contribution is 2.22. The lowest BCUT2D eigenvalue weighted by atomic mass is 10.1. The molecule has 0 aliphatic heterocycles. The molecule has 1 aromatic heterocycles. The highest BCUT2D eigenvalue weighted by Gasteiger charge is 2.14. The van der Waals surface area contributed by atoms with E-state index in [-0.39, 0.29) is 11.9 Å². The predicted molar refractivity (Wildman–Crippen MR) is 65.5 cm³/mol. The molecule has 5 heteroatoms. The van der Waals surface area contributed by atoms with Gasteiger partial charge in [-0.05, 0) is 37.2 Å². The molecule has 0 fully saturated rings. The summed E-state index contributed by atoms with van der Waals surface area (Å²) < 4.78 is 13.1. The van der Waals surface area contributed by atoms with Crippen LogP contribution in [0.4, 0.5) is 4.39 Å². The highest BCUT2D eigenvalue weighted by atomic mass is 35.5. The van der Waals surface area contributed by atoms with Crippen molar-refractivity contribution in [2.75, 3.05) is 7.05 Å². The average molecular weight is 254 g/mol. The third-order valence-electron chi connectivity index (χ3n) is 2.63. The highest BCUT2D eigenvalue weighted by molar-refractivity contribution is 6.31. The Balaban J connectivity index is 2.21. The number of aromatic nitrogens is 2. The largest absolute Gasteiger partial charge is 0.347 e. The third-order valence-corrected chi connectivity index (χ3v) is 3.00. The molecule has 0 saturated heterocycles. The minimum Gasteiger partial charge on any atom is -0.347 e. The quantitative estimate of drug-likeness (QED) is 0.880. The lowest BCUT2D eigenvalue weighted by molar-refractivity contribution is 0.559. The van der Waals surface area contributed by atoms with Gasteiger partial charge in [-0.25, -0.2) is 9.37 Å². The van der Waals surface area contributed by atoms with Gasteiger partial charge in [-0.1, -0.05) is 11.6 Å². The van der Waals surface area contributed by atoms with Gasteiger partial charge in [0.05, 0.1) is 6.04 Å². The second-order valence-electron chi connectivity index (χ2n) is 3.76. The van der Waals surface area contributed by atoms with Crippen molar-refractivity contribution in [2.24, 2.45) is 0 Å². The number of hydrogen-bond donors (Lipinski definition) is 2. The zero-order valence-corrected chi connectivity index (χ0v) is 10.1. The van der Waals surface area contributed by atoms with Crippen molar-refractivity contribution in [3.05, 3.63) is 52.8 Å². The summed E-state index contributed by atoms with van der Waals surface area (Å²) in [5.74, 6) is 0.534. The van der Waals surface area contributed by atoms with Crippen molar-refractivity contribution in [1.29, 1.82) is 0 Å². The lowest BCUT2D eigenvalue weighted by Gasteiger charge is -2.14. The van der Waals surface area contributed by atoms with E-state index in [1.165, 1.54) is 12.1 Å². The molecule has 0 aliphatic rings. The summed E-state index contributed by atoms with van der Waals surface area (Å²) in [5, 5.41) is 3.69. The molecule has 0 amide bonds. The van der Waals surface area contributed by atoms with E-state index in [1.807, 2.05) is 7.05 Å². The number of H-pyrrole nitrogens is 1. The zero-order chi connectivity index (χ0) is 12.3. The number of likely N-dealkylation sites (N-methyl/N-ethyl adjacent to an activating group) is 1. The summed E-state index contributed by atoms with van der Waals surface area (Å²) in [6.07, 6.45) is 4.03. The first-order chi connectivity index (χ1) is 8.20. The van der Waals surface area contributed by atoms with E-state index in [9.17, 15) is 4.39 Å². The summed E-state index contributed by atoms with van der Waals surface area (Å²) in [6.45, 7) is 0. The fourth-order valence-corrected chi connectivity index (χ4v) is 1.92. The van der Waals surface area contributed by atoms with Gasteiger partial charge >= 0.3 is 0 Å². The summed E-state index contributed by atoms with van der Waals surface area (Å²) in [5.41, 5.74) is 0.766. The number of halogens is 2. The van der Waals surface area contributed by atoms with Gasteiger partial charge in [0.2, 0.25) is 0 Å². The van der Waals surface area contributed by atoms with Gasteiger partial charge in [0.15, 0.2) is 0 Å². The first kappa shape index (κ1) is 12.1. The molecule has 2 rings (SSSR count). The van der Waals surface area contributed by atoms with Gasteiger partial charge in [0.25, 0.3) is 0 Å².